The average molecular weight is 227 g/mol. The van der Waals surface area contributed by atoms with Crippen molar-refractivity contribution in [2.24, 2.45) is 0 Å². The Labute approximate surface area is 95.0 Å². The average Bonchev–Trinajstić information content (AvgIpc) is 2.25. The highest BCUT2D eigenvalue weighted by Crippen LogP contribution is 2.27. The number of aryl methyl sites for hydroxylation is 1. The van der Waals surface area contributed by atoms with E-state index in [9.17, 15) is 4.39 Å². The van der Waals surface area contributed by atoms with Crippen LogP contribution in [0.5, 0.6) is 0 Å². The first kappa shape index (κ1) is 12.8. The summed E-state index contributed by atoms with van der Waals surface area (Å²) in [4.78, 5) is 8.07. The maximum atomic E-state index is 13.3. The Bertz CT molecular complexity index is 360. The second kappa shape index (κ2) is 4.74. The molecule has 0 radical (unpaired) electrons. The highest BCUT2D eigenvalue weighted by Gasteiger charge is 2.29. The summed E-state index contributed by atoms with van der Waals surface area (Å²) in [7, 11) is 0. The highest BCUT2D eigenvalue weighted by atomic mass is 19.1. The van der Waals surface area contributed by atoms with Gasteiger partial charge >= 0.3 is 0 Å². The molecule has 1 atom stereocenters. The number of aromatic nitrogens is 2. The SMILES string of the molecule is CCOC(C)(CC)c1nc(C)c(F)c(N)n1. The molecule has 0 aliphatic heterocycles. The van der Waals surface area contributed by atoms with Crippen molar-refractivity contribution < 1.29 is 9.13 Å². The van der Waals surface area contributed by atoms with Crippen molar-refractivity contribution >= 4 is 5.82 Å². The summed E-state index contributed by atoms with van der Waals surface area (Å²) >= 11 is 0. The van der Waals surface area contributed by atoms with Gasteiger partial charge in [-0.25, -0.2) is 14.4 Å². The Hall–Kier alpha value is -1.23. The van der Waals surface area contributed by atoms with Gasteiger partial charge < -0.3 is 10.5 Å². The number of halogens is 1. The number of anilines is 1. The normalized spacial score (nSPS) is 14.8. The molecule has 0 amide bonds. The van der Waals surface area contributed by atoms with E-state index in [1.165, 1.54) is 0 Å². The summed E-state index contributed by atoms with van der Waals surface area (Å²) in [5.41, 5.74) is 5.13. The smallest absolute Gasteiger partial charge is 0.186 e. The van der Waals surface area contributed by atoms with E-state index < -0.39 is 11.4 Å². The Kier molecular flexibility index (Phi) is 3.80. The molecular formula is C11H18FN3O. The zero-order valence-corrected chi connectivity index (χ0v) is 10.2. The van der Waals surface area contributed by atoms with E-state index in [2.05, 4.69) is 9.97 Å². The topological polar surface area (TPSA) is 61.0 Å². The van der Waals surface area contributed by atoms with Crippen LogP contribution in [0.1, 0.15) is 38.7 Å². The molecule has 0 aliphatic carbocycles. The predicted molar refractivity (Wildman–Crippen MR) is 60.4 cm³/mol. The van der Waals surface area contributed by atoms with E-state index >= 15 is 0 Å². The maximum absolute atomic E-state index is 13.3. The largest absolute Gasteiger partial charge is 0.381 e. The molecule has 0 saturated carbocycles. The van der Waals surface area contributed by atoms with Crippen LogP contribution in [-0.4, -0.2) is 16.6 Å². The lowest BCUT2D eigenvalue weighted by molar-refractivity contribution is -0.0391. The number of nitrogens with zero attached hydrogens (tertiary/aromatic N) is 2. The molecule has 0 saturated heterocycles. The second-order valence-electron chi connectivity index (χ2n) is 3.85. The third-order valence-corrected chi connectivity index (χ3v) is 2.65. The van der Waals surface area contributed by atoms with Crippen LogP contribution >= 0.6 is 0 Å². The van der Waals surface area contributed by atoms with E-state index in [0.717, 1.165) is 0 Å². The fraction of sp³-hybridized carbons (Fsp3) is 0.636. The number of ether oxygens (including phenoxy) is 1. The summed E-state index contributed by atoms with van der Waals surface area (Å²) < 4.78 is 18.9. The van der Waals surface area contributed by atoms with Crippen molar-refractivity contribution in [3.8, 4) is 0 Å². The van der Waals surface area contributed by atoms with Gasteiger partial charge in [0.15, 0.2) is 17.5 Å². The van der Waals surface area contributed by atoms with Gasteiger partial charge in [-0.05, 0) is 27.2 Å². The van der Waals surface area contributed by atoms with Crippen molar-refractivity contribution in [3.63, 3.8) is 0 Å². The van der Waals surface area contributed by atoms with Gasteiger partial charge in [-0.2, -0.15) is 0 Å². The third-order valence-electron chi connectivity index (χ3n) is 2.65. The summed E-state index contributed by atoms with van der Waals surface area (Å²) in [5.74, 6) is -0.242. The van der Waals surface area contributed by atoms with Crippen LogP contribution in [-0.2, 0) is 10.3 Å². The first-order chi connectivity index (χ1) is 7.44. The third kappa shape index (κ3) is 2.29. The molecule has 2 N–H and O–H groups in total. The van der Waals surface area contributed by atoms with Crippen molar-refractivity contribution in [1.29, 1.82) is 0 Å². The Morgan fingerprint density at radius 1 is 1.38 bits per heavy atom. The molecule has 1 heterocycles. The molecular weight excluding hydrogens is 209 g/mol. The van der Waals surface area contributed by atoms with Crippen molar-refractivity contribution in [1.82, 2.24) is 9.97 Å². The van der Waals surface area contributed by atoms with Crippen molar-refractivity contribution in [3.05, 3.63) is 17.3 Å². The predicted octanol–water partition coefficient (Wildman–Crippen LogP) is 2.17. The number of rotatable bonds is 4. The number of hydrogen-bond acceptors (Lipinski definition) is 4. The Morgan fingerprint density at radius 2 is 2.00 bits per heavy atom. The highest BCUT2D eigenvalue weighted by molar-refractivity contribution is 5.33. The summed E-state index contributed by atoms with van der Waals surface area (Å²) in [6.07, 6.45) is 0.700. The number of nitrogen functional groups attached to an aromatic ring is 1. The molecule has 0 aromatic carbocycles. The summed E-state index contributed by atoms with van der Waals surface area (Å²) in [6.45, 7) is 7.85. The van der Waals surface area contributed by atoms with Crippen LogP contribution in [0.3, 0.4) is 0 Å². The molecule has 90 valence electrons. The number of nitrogens with two attached hydrogens (primary N) is 1. The minimum absolute atomic E-state index is 0.123. The molecule has 0 spiro atoms. The van der Waals surface area contributed by atoms with Gasteiger partial charge in [-0.3, -0.25) is 0 Å². The van der Waals surface area contributed by atoms with Gasteiger partial charge in [-0.1, -0.05) is 6.92 Å². The first-order valence-electron chi connectivity index (χ1n) is 5.38. The van der Waals surface area contributed by atoms with Crippen LogP contribution in [0.2, 0.25) is 0 Å². The maximum Gasteiger partial charge on any atom is 0.186 e. The lowest BCUT2D eigenvalue weighted by Crippen LogP contribution is -2.29. The lowest BCUT2D eigenvalue weighted by atomic mass is 10.0. The quantitative estimate of drug-likeness (QED) is 0.856. The van der Waals surface area contributed by atoms with E-state index in [-0.39, 0.29) is 11.5 Å². The minimum Gasteiger partial charge on any atom is -0.381 e. The van der Waals surface area contributed by atoms with Gasteiger partial charge in [0.05, 0.1) is 5.69 Å². The van der Waals surface area contributed by atoms with Crippen LogP contribution in [0.25, 0.3) is 0 Å². The Balaban J connectivity index is 3.21. The van der Waals surface area contributed by atoms with Gasteiger partial charge in [0, 0.05) is 6.61 Å². The molecule has 4 nitrogen and oxygen atoms in total. The van der Waals surface area contributed by atoms with Crippen LogP contribution in [0.4, 0.5) is 10.2 Å². The van der Waals surface area contributed by atoms with E-state index in [4.69, 9.17) is 10.5 Å². The van der Waals surface area contributed by atoms with Crippen LogP contribution in [0, 0.1) is 12.7 Å². The monoisotopic (exact) mass is 227 g/mol. The molecule has 0 fully saturated rings. The first-order valence-corrected chi connectivity index (χ1v) is 5.38. The number of hydrogen-bond donors (Lipinski definition) is 1. The zero-order valence-electron chi connectivity index (χ0n) is 10.2. The van der Waals surface area contributed by atoms with Crippen LogP contribution < -0.4 is 5.73 Å². The molecule has 1 rings (SSSR count). The molecule has 1 aromatic heterocycles. The van der Waals surface area contributed by atoms with Gasteiger partial charge in [0.25, 0.3) is 0 Å². The van der Waals surface area contributed by atoms with Gasteiger partial charge in [0.2, 0.25) is 0 Å². The molecule has 16 heavy (non-hydrogen) atoms. The second-order valence-corrected chi connectivity index (χ2v) is 3.85. The molecule has 0 aliphatic rings. The molecule has 0 bridgehead atoms. The lowest BCUT2D eigenvalue weighted by Gasteiger charge is -2.26. The van der Waals surface area contributed by atoms with E-state index in [1.54, 1.807) is 6.92 Å². The summed E-state index contributed by atoms with van der Waals surface area (Å²) in [5, 5.41) is 0. The van der Waals surface area contributed by atoms with E-state index in [1.807, 2.05) is 20.8 Å². The van der Waals surface area contributed by atoms with Crippen molar-refractivity contribution in [2.75, 3.05) is 12.3 Å². The molecule has 1 aromatic rings. The van der Waals surface area contributed by atoms with Crippen LogP contribution in [0.15, 0.2) is 0 Å². The fourth-order valence-electron chi connectivity index (χ4n) is 1.46. The minimum atomic E-state index is -0.610. The van der Waals surface area contributed by atoms with Gasteiger partial charge in [0.1, 0.15) is 5.60 Å². The molecule has 1 unspecified atom stereocenters. The van der Waals surface area contributed by atoms with E-state index in [0.29, 0.717) is 18.9 Å². The standard InChI is InChI=1S/C11H18FN3O/c1-5-11(4,16-6-2)10-14-7(3)8(12)9(13)15-10/h5-6H2,1-4H3,(H2,13,14,15). The van der Waals surface area contributed by atoms with Gasteiger partial charge in [-0.15, -0.1) is 0 Å². The fourth-order valence-corrected chi connectivity index (χ4v) is 1.46. The zero-order chi connectivity index (χ0) is 12.3. The Morgan fingerprint density at radius 3 is 2.44 bits per heavy atom. The van der Waals surface area contributed by atoms with Crippen molar-refractivity contribution in [2.45, 2.75) is 39.7 Å². The summed E-state index contributed by atoms with van der Waals surface area (Å²) in [6, 6.07) is 0. The molecule has 5 heteroatoms.